The zero-order valence-electron chi connectivity index (χ0n) is 42.5. The summed E-state index contributed by atoms with van der Waals surface area (Å²) in [7, 11) is 0. The number of rotatable bonds is 52. The number of hydrogen-bond donors (Lipinski definition) is 3. The number of hydrogen-bond acceptors (Lipinski definition) is 6. The second kappa shape index (κ2) is 45.8. The molecule has 0 heterocycles. The third-order valence-corrected chi connectivity index (χ3v) is 13.8. The van der Waals surface area contributed by atoms with Crippen LogP contribution >= 0.6 is 0 Å². The fraction of sp³-hybridized carbons (Fsp3) is 0.912. The highest BCUT2D eigenvalue weighted by molar-refractivity contribution is 6.16. The molecule has 0 spiro atoms. The average molecular weight is 889 g/mol. The maximum Gasteiger partial charge on any atom is 0.219 e. The molecule has 6 nitrogen and oxygen atoms in total. The van der Waals surface area contributed by atoms with Gasteiger partial charge in [-0.3, -0.25) is 14.4 Å². The zero-order valence-corrected chi connectivity index (χ0v) is 42.5. The van der Waals surface area contributed by atoms with Crippen LogP contribution in [0, 0.1) is 0 Å². The van der Waals surface area contributed by atoms with Gasteiger partial charge in [-0.25, -0.2) is 0 Å². The molecule has 0 aliphatic heterocycles. The number of unbranched alkanes of at least 4 members (excludes halogenated alkanes) is 39. The monoisotopic (exact) mass is 889 g/mol. The van der Waals surface area contributed by atoms with Crippen molar-refractivity contribution in [1.29, 1.82) is 0 Å². The molecule has 0 saturated heterocycles. The summed E-state index contributed by atoms with van der Waals surface area (Å²) in [6, 6.07) is 0. The van der Waals surface area contributed by atoms with Gasteiger partial charge < -0.3 is 15.3 Å². The van der Waals surface area contributed by atoms with Gasteiger partial charge in [0.15, 0.2) is 23.0 Å². The molecular weight excluding hydrogens is 781 g/mol. The lowest BCUT2D eigenvalue weighted by Gasteiger charge is -2.39. The minimum atomic E-state index is -2.92. The van der Waals surface area contributed by atoms with Crippen LogP contribution in [0.4, 0.5) is 0 Å². The number of carbonyl (C=O) groups is 3. The first-order valence-corrected chi connectivity index (χ1v) is 28.1. The van der Waals surface area contributed by atoms with Crippen molar-refractivity contribution in [2.75, 3.05) is 6.61 Å². The standard InChI is InChI=1S/C57H108O6/c1-4-7-10-13-16-19-22-25-28-31-34-37-40-43-46-49-53(59)56(62,52-58)57(63,54(60)50-47-44-41-38-35-32-29-26-23-20-17-14-11-8-5-2)55(61)51-48-45-42-39-36-33-30-27-24-21-18-15-12-9-6-3/h25,28,58,62-63H,4-24,26-27,29-52H2,1-3H3/b28-25-. The van der Waals surface area contributed by atoms with Crippen molar-refractivity contribution in [2.45, 2.75) is 327 Å². The molecule has 1 unspecified atom stereocenters. The van der Waals surface area contributed by atoms with Gasteiger partial charge in [0.1, 0.15) is 0 Å². The molecule has 6 heteroatoms. The molecule has 1 atom stereocenters. The molecule has 372 valence electrons. The van der Waals surface area contributed by atoms with Gasteiger partial charge in [-0.2, -0.15) is 0 Å². The van der Waals surface area contributed by atoms with Crippen molar-refractivity contribution < 1.29 is 29.7 Å². The summed E-state index contributed by atoms with van der Waals surface area (Å²) in [5.41, 5.74) is -5.75. The van der Waals surface area contributed by atoms with E-state index in [0.717, 1.165) is 77.0 Å². The van der Waals surface area contributed by atoms with E-state index in [9.17, 15) is 29.7 Å². The average Bonchev–Trinajstić information content (AvgIpc) is 3.29. The van der Waals surface area contributed by atoms with E-state index in [0.29, 0.717) is 19.3 Å². The number of ketones is 3. The van der Waals surface area contributed by atoms with E-state index in [1.54, 1.807) is 0 Å². The molecule has 0 aromatic carbocycles. The summed E-state index contributed by atoms with van der Waals surface area (Å²) in [5, 5.41) is 34.2. The molecule has 0 rings (SSSR count). The van der Waals surface area contributed by atoms with Gasteiger partial charge >= 0.3 is 0 Å². The highest BCUT2D eigenvalue weighted by atomic mass is 16.4. The largest absolute Gasteiger partial charge is 0.393 e. The molecule has 3 N–H and O–H groups in total. The van der Waals surface area contributed by atoms with Crippen LogP contribution in [0.25, 0.3) is 0 Å². The van der Waals surface area contributed by atoms with E-state index in [-0.39, 0.29) is 19.3 Å². The van der Waals surface area contributed by atoms with E-state index in [1.165, 1.54) is 180 Å². The summed E-state index contributed by atoms with van der Waals surface area (Å²) >= 11 is 0. The number of allylic oxidation sites excluding steroid dienone is 2. The van der Waals surface area contributed by atoms with Gasteiger partial charge in [-0.15, -0.1) is 0 Å². The molecule has 0 aromatic rings. The SMILES string of the molecule is CCCCCCCC/C=C\CCCCCCCC(=O)C(O)(CO)C(O)(C(=O)CCCCCCCCCCCCCCCCC)C(=O)CCCCCCCCCCCCCCCCC. The minimum Gasteiger partial charge on any atom is -0.393 e. The van der Waals surface area contributed by atoms with Crippen LogP contribution < -0.4 is 0 Å². The van der Waals surface area contributed by atoms with Crippen LogP contribution in [0.5, 0.6) is 0 Å². The summed E-state index contributed by atoms with van der Waals surface area (Å²) in [6.45, 7) is 5.61. The van der Waals surface area contributed by atoms with Gasteiger partial charge in [-0.05, 0) is 44.9 Å². The number of aliphatic hydroxyl groups excluding tert-OH is 1. The molecule has 0 bridgehead atoms. The maximum atomic E-state index is 13.8. The lowest BCUT2D eigenvalue weighted by molar-refractivity contribution is -0.194. The molecular formula is C57H108O6. The Kier molecular flexibility index (Phi) is 44.8. The van der Waals surface area contributed by atoms with Crippen LogP contribution in [0.1, 0.15) is 316 Å². The zero-order chi connectivity index (χ0) is 46.4. The first-order valence-electron chi connectivity index (χ1n) is 28.1. The van der Waals surface area contributed by atoms with E-state index in [2.05, 4.69) is 32.9 Å². The van der Waals surface area contributed by atoms with Crippen LogP contribution in [0.15, 0.2) is 12.2 Å². The van der Waals surface area contributed by atoms with Crippen molar-refractivity contribution in [2.24, 2.45) is 0 Å². The lowest BCUT2D eigenvalue weighted by Crippen LogP contribution is -2.69. The predicted octanol–water partition coefficient (Wildman–Crippen LogP) is 16.7. The van der Waals surface area contributed by atoms with Gasteiger partial charge in [0.2, 0.25) is 5.60 Å². The van der Waals surface area contributed by atoms with Crippen molar-refractivity contribution in [1.82, 2.24) is 0 Å². The van der Waals surface area contributed by atoms with Crippen LogP contribution in [0.3, 0.4) is 0 Å². The minimum absolute atomic E-state index is 0.0873. The fourth-order valence-corrected chi connectivity index (χ4v) is 9.26. The van der Waals surface area contributed by atoms with Gasteiger partial charge in [0.05, 0.1) is 6.61 Å². The Balaban J connectivity index is 4.90. The van der Waals surface area contributed by atoms with Crippen molar-refractivity contribution in [3.05, 3.63) is 12.2 Å². The quantitative estimate of drug-likeness (QED) is 0.0319. The Morgan fingerprint density at radius 3 is 0.762 bits per heavy atom. The fourth-order valence-electron chi connectivity index (χ4n) is 9.26. The topological polar surface area (TPSA) is 112 Å². The molecule has 0 amide bonds. The molecule has 0 aliphatic rings. The van der Waals surface area contributed by atoms with E-state index >= 15 is 0 Å². The van der Waals surface area contributed by atoms with E-state index in [4.69, 9.17) is 0 Å². The first-order chi connectivity index (χ1) is 30.8. The van der Waals surface area contributed by atoms with Crippen LogP contribution in [-0.4, -0.2) is 50.5 Å². The molecule has 0 fully saturated rings. The van der Waals surface area contributed by atoms with Crippen LogP contribution in [-0.2, 0) is 14.4 Å². The molecule has 0 radical (unpaired) electrons. The highest BCUT2D eigenvalue weighted by Crippen LogP contribution is 2.32. The second-order valence-corrected chi connectivity index (χ2v) is 19.7. The Labute approximate surface area is 391 Å². The first kappa shape index (κ1) is 61.6. The van der Waals surface area contributed by atoms with Gasteiger partial charge in [-0.1, -0.05) is 264 Å². The Hall–Kier alpha value is -1.37. The Bertz CT molecular complexity index is 1010. The molecule has 0 aliphatic carbocycles. The summed E-state index contributed by atoms with van der Waals surface area (Å²) in [4.78, 5) is 41.3. The number of aliphatic hydroxyl groups is 3. The number of carbonyl (C=O) groups excluding carboxylic acids is 3. The predicted molar refractivity (Wildman–Crippen MR) is 271 cm³/mol. The molecule has 0 aromatic heterocycles. The summed E-state index contributed by atoms with van der Waals surface area (Å²) in [6.07, 6.45) is 54.2. The van der Waals surface area contributed by atoms with E-state index in [1.807, 2.05) is 0 Å². The molecule has 63 heavy (non-hydrogen) atoms. The second-order valence-electron chi connectivity index (χ2n) is 19.7. The third-order valence-electron chi connectivity index (χ3n) is 13.8. The van der Waals surface area contributed by atoms with E-state index < -0.39 is 35.2 Å². The summed E-state index contributed by atoms with van der Waals surface area (Å²) in [5.74, 6) is -2.45. The maximum absolute atomic E-state index is 13.8. The van der Waals surface area contributed by atoms with Gasteiger partial charge in [0, 0.05) is 19.3 Å². The lowest BCUT2D eigenvalue weighted by atomic mass is 9.71. The third kappa shape index (κ3) is 32.9. The van der Waals surface area contributed by atoms with Crippen LogP contribution in [0.2, 0.25) is 0 Å². The molecule has 0 saturated carbocycles. The Morgan fingerprint density at radius 2 is 0.524 bits per heavy atom. The van der Waals surface area contributed by atoms with Crippen molar-refractivity contribution in [3.8, 4) is 0 Å². The smallest absolute Gasteiger partial charge is 0.219 e. The highest BCUT2D eigenvalue weighted by Gasteiger charge is 2.62. The van der Waals surface area contributed by atoms with Crippen molar-refractivity contribution in [3.63, 3.8) is 0 Å². The Morgan fingerprint density at radius 1 is 0.317 bits per heavy atom. The normalized spacial score (nSPS) is 13.0. The van der Waals surface area contributed by atoms with Crippen molar-refractivity contribution >= 4 is 17.3 Å². The van der Waals surface area contributed by atoms with Gasteiger partial charge in [0.25, 0.3) is 0 Å². The summed E-state index contributed by atoms with van der Waals surface area (Å²) < 4.78 is 0. The number of Topliss-reactive ketones (excluding diaryl/α,β-unsaturated/α-hetero) is 3.